The molecule has 0 aromatic heterocycles. The Bertz CT molecular complexity index is 896. The molecule has 0 saturated carbocycles. The topological polar surface area (TPSA) is 64.8 Å². The number of ether oxygens (including phenoxy) is 2. The largest absolute Gasteiger partial charge is 0.487 e. The highest BCUT2D eigenvalue weighted by atomic mass is 16.6. The first-order valence-electron chi connectivity index (χ1n) is 9.97. The summed E-state index contributed by atoms with van der Waals surface area (Å²) in [6.45, 7) is 5.22. The maximum absolute atomic E-state index is 11.8. The van der Waals surface area contributed by atoms with E-state index < -0.39 is 11.5 Å². The van der Waals surface area contributed by atoms with E-state index in [0.717, 1.165) is 17.1 Å². The van der Waals surface area contributed by atoms with Gasteiger partial charge in [0.1, 0.15) is 24.0 Å². The summed E-state index contributed by atoms with van der Waals surface area (Å²) in [6, 6.07) is 28.3. The van der Waals surface area contributed by atoms with E-state index in [-0.39, 0.29) is 12.7 Å². The molecule has 5 nitrogen and oxygen atoms in total. The molecule has 0 saturated heterocycles. The number of carbonyl (C=O) groups excluding carboxylic acids is 1. The molecule has 0 spiro atoms. The summed E-state index contributed by atoms with van der Waals surface area (Å²) in [7, 11) is 0. The summed E-state index contributed by atoms with van der Waals surface area (Å²) in [4.78, 5) is 14.0. The van der Waals surface area contributed by atoms with E-state index in [1.807, 2.05) is 67.6 Å². The van der Waals surface area contributed by atoms with Gasteiger partial charge in [0.25, 0.3) is 0 Å². The zero-order valence-corrected chi connectivity index (χ0v) is 17.6. The Labute approximate surface area is 178 Å². The van der Waals surface area contributed by atoms with E-state index in [1.165, 1.54) is 0 Å². The summed E-state index contributed by atoms with van der Waals surface area (Å²) in [5, 5.41) is 0. The lowest BCUT2D eigenvalue weighted by molar-refractivity contribution is -0.151. The summed E-state index contributed by atoms with van der Waals surface area (Å²) < 4.78 is 11.1. The van der Waals surface area contributed by atoms with Crippen molar-refractivity contribution in [2.45, 2.75) is 32.4 Å². The predicted octanol–water partition coefficient (Wildman–Crippen LogP) is 5.20. The SMILES string of the molecule is CC(COC(=O)C(C)(C)N)Oc1ccc(N(c2ccccc2)c2ccccc2)cc1. The lowest BCUT2D eigenvalue weighted by Gasteiger charge is -2.25. The maximum Gasteiger partial charge on any atom is 0.325 e. The van der Waals surface area contributed by atoms with Crippen LogP contribution in [0.1, 0.15) is 20.8 Å². The first-order chi connectivity index (χ1) is 14.3. The average molecular weight is 405 g/mol. The van der Waals surface area contributed by atoms with Crippen LogP contribution in [0.4, 0.5) is 17.1 Å². The normalized spacial score (nSPS) is 12.1. The molecule has 1 atom stereocenters. The molecule has 3 aromatic rings. The van der Waals surface area contributed by atoms with Crippen molar-refractivity contribution in [3.63, 3.8) is 0 Å². The Morgan fingerprint density at radius 3 is 1.80 bits per heavy atom. The Morgan fingerprint density at radius 1 is 0.867 bits per heavy atom. The highest BCUT2D eigenvalue weighted by Gasteiger charge is 2.24. The molecule has 0 aliphatic rings. The van der Waals surface area contributed by atoms with Crippen molar-refractivity contribution >= 4 is 23.0 Å². The van der Waals surface area contributed by atoms with Crippen molar-refractivity contribution in [2.75, 3.05) is 11.5 Å². The molecule has 0 aliphatic carbocycles. The van der Waals surface area contributed by atoms with E-state index in [0.29, 0.717) is 5.75 Å². The summed E-state index contributed by atoms with van der Waals surface area (Å²) in [6.07, 6.45) is -0.290. The summed E-state index contributed by atoms with van der Waals surface area (Å²) in [5.74, 6) is 0.255. The molecule has 0 aliphatic heterocycles. The Morgan fingerprint density at radius 2 is 1.33 bits per heavy atom. The Kier molecular flexibility index (Phi) is 6.75. The number of hydrogen-bond donors (Lipinski definition) is 1. The smallest absolute Gasteiger partial charge is 0.325 e. The minimum absolute atomic E-state index is 0.140. The molecule has 0 fully saturated rings. The molecule has 2 N–H and O–H groups in total. The average Bonchev–Trinajstić information content (AvgIpc) is 2.74. The zero-order chi connectivity index (χ0) is 21.6. The second-order valence-electron chi connectivity index (χ2n) is 7.75. The van der Waals surface area contributed by atoms with E-state index in [9.17, 15) is 4.79 Å². The molecule has 0 heterocycles. The van der Waals surface area contributed by atoms with Crippen LogP contribution < -0.4 is 15.4 Å². The van der Waals surface area contributed by atoms with Gasteiger partial charge in [-0.05, 0) is 69.3 Å². The molecule has 3 aromatic carbocycles. The highest BCUT2D eigenvalue weighted by molar-refractivity contribution is 5.79. The van der Waals surface area contributed by atoms with Gasteiger partial charge < -0.3 is 20.1 Å². The number of esters is 1. The van der Waals surface area contributed by atoms with Crippen molar-refractivity contribution in [1.29, 1.82) is 0 Å². The van der Waals surface area contributed by atoms with Gasteiger partial charge in [0.05, 0.1) is 0 Å². The Hall–Kier alpha value is -3.31. The molecular weight excluding hydrogens is 376 g/mol. The fourth-order valence-corrected chi connectivity index (χ4v) is 2.92. The van der Waals surface area contributed by atoms with Crippen LogP contribution in [0, 0.1) is 0 Å². The molecule has 30 heavy (non-hydrogen) atoms. The fourth-order valence-electron chi connectivity index (χ4n) is 2.92. The van der Waals surface area contributed by atoms with Crippen LogP contribution in [0.15, 0.2) is 84.9 Å². The fraction of sp³-hybridized carbons (Fsp3) is 0.240. The number of benzene rings is 3. The third-order valence-electron chi connectivity index (χ3n) is 4.44. The van der Waals surface area contributed by atoms with Gasteiger partial charge in [-0.25, -0.2) is 0 Å². The van der Waals surface area contributed by atoms with Crippen LogP contribution in [0.2, 0.25) is 0 Å². The van der Waals surface area contributed by atoms with Gasteiger partial charge in [0, 0.05) is 17.1 Å². The molecule has 0 radical (unpaired) electrons. The first-order valence-corrected chi connectivity index (χ1v) is 9.97. The minimum atomic E-state index is -1.01. The van der Waals surface area contributed by atoms with Crippen LogP contribution in [0.5, 0.6) is 5.75 Å². The van der Waals surface area contributed by atoms with Crippen LogP contribution >= 0.6 is 0 Å². The number of hydrogen-bond acceptors (Lipinski definition) is 5. The lowest BCUT2D eigenvalue weighted by Crippen LogP contribution is -2.43. The van der Waals surface area contributed by atoms with Gasteiger partial charge in [0.2, 0.25) is 0 Å². The van der Waals surface area contributed by atoms with E-state index in [1.54, 1.807) is 13.8 Å². The van der Waals surface area contributed by atoms with Gasteiger partial charge in [-0.3, -0.25) is 4.79 Å². The molecular formula is C25H28N2O3. The van der Waals surface area contributed by atoms with E-state index >= 15 is 0 Å². The van der Waals surface area contributed by atoms with Crippen LogP contribution in [0.25, 0.3) is 0 Å². The van der Waals surface area contributed by atoms with E-state index in [4.69, 9.17) is 15.2 Å². The summed E-state index contributed by atoms with van der Waals surface area (Å²) >= 11 is 0. The second kappa shape index (κ2) is 9.46. The number of nitrogens with two attached hydrogens (primary N) is 1. The number of carbonyl (C=O) groups is 1. The maximum atomic E-state index is 11.8. The zero-order valence-electron chi connectivity index (χ0n) is 17.6. The first kappa shape index (κ1) is 21.4. The van der Waals surface area contributed by atoms with Gasteiger partial charge in [-0.2, -0.15) is 0 Å². The molecule has 5 heteroatoms. The van der Waals surface area contributed by atoms with Crippen LogP contribution in [-0.2, 0) is 9.53 Å². The number of nitrogens with zero attached hydrogens (tertiary/aromatic N) is 1. The third kappa shape index (κ3) is 5.61. The van der Waals surface area contributed by atoms with Gasteiger partial charge in [-0.15, -0.1) is 0 Å². The third-order valence-corrected chi connectivity index (χ3v) is 4.44. The van der Waals surface area contributed by atoms with Crippen molar-refractivity contribution in [3.05, 3.63) is 84.9 Å². The van der Waals surface area contributed by atoms with Crippen molar-refractivity contribution < 1.29 is 14.3 Å². The Balaban J connectivity index is 1.72. The number of anilines is 3. The molecule has 0 amide bonds. The standard InChI is InChI=1S/C25H28N2O3/c1-19(18-29-24(28)25(2,3)26)30-23-16-14-22(15-17-23)27(20-10-6-4-7-11-20)21-12-8-5-9-13-21/h4-17,19H,18,26H2,1-3H3. The van der Waals surface area contributed by atoms with Crippen molar-refractivity contribution in [2.24, 2.45) is 5.73 Å². The van der Waals surface area contributed by atoms with Gasteiger partial charge in [-0.1, -0.05) is 36.4 Å². The van der Waals surface area contributed by atoms with Crippen molar-refractivity contribution in [3.8, 4) is 5.75 Å². The summed E-state index contributed by atoms with van der Waals surface area (Å²) in [5.41, 5.74) is 7.88. The van der Waals surface area contributed by atoms with Crippen molar-refractivity contribution in [1.82, 2.24) is 0 Å². The lowest BCUT2D eigenvalue weighted by atomic mass is 10.1. The van der Waals surface area contributed by atoms with Gasteiger partial charge >= 0.3 is 5.97 Å². The van der Waals surface area contributed by atoms with E-state index in [2.05, 4.69) is 29.2 Å². The monoisotopic (exact) mass is 404 g/mol. The molecule has 1 unspecified atom stereocenters. The van der Waals surface area contributed by atoms with Crippen LogP contribution in [-0.4, -0.2) is 24.2 Å². The molecule has 0 bridgehead atoms. The second-order valence-corrected chi connectivity index (χ2v) is 7.75. The molecule has 3 rings (SSSR count). The predicted molar refractivity (Wildman–Crippen MR) is 120 cm³/mol. The van der Waals surface area contributed by atoms with Gasteiger partial charge in [0.15, 0.2) is 0 Å². The highest BCUT2D eigenvalue weighted by Crippen LogP contribution is 2.34. The number of para-hydroxylation sites is 2. The molecule has 156 valence electrons. The number of rotatable bonds is 8. The quantitative estimate of drug-likeness (QED) is 0.523. The van der Waals surface area contributed by atoms with Crippen LogP contribution in [0.3, 0.4) is 0 Å². The minimum Gasteiger partial charge on any atom is -0.487 e.